The molecule has 0 radical (unpaired) electrons. The Morgan fingerprint density at radius 1 is 1.35 bits per heavy atom. The Hall–Kier alpha value is -1.56. The largest absolute Gasteiger partial charge is 0.473 e. The Morgan fingerprint density at radius 2 is 2.06 bits per heavy atom. The molecule has 0 aliphatic rings. The molecule has 0 bridgehead atoms. The van der Waals surface area contributed by atoms with Crippen molar-refractivity contribution < 1.29 is 9.47 Å². The third-order valence-electron chi connectivity index (χ3n) is 2.15. The molecule has 6 nitrogen and oxygen atoms in total. The molecule has 1 aromatic rings. The van der Waals surface area contributed by atoms with Crippen molar-refractivity contribution in [1.82, 2.24) is 9.97 Å². The average Bonchev–Trinajstić information content (AvgIpc) is 2.29. The van der Waals surface area contributed by atoms with Crippen molar-refractivity contribution in [3.8, 4) is 5.88 Å². The molecule has 0 aliphatic carbocycles. The van der Waals surface area contributed by atoms with Crippen LogP contribution in [0.2, 0.25) is 0 Å². The first kappa shape index (κ1) is 13.5. The monoisotopic (exact) mass is 240 g/mol. The van der Waals surface area contributed by atoms with Gasteiger partial charge in [-0.25, -0.2) is 4.98 Å². The fourth-order valence-electron chi connectivity index (χ4n) is 1.16. The number of ether oxygens (including phenoxy) is 2. The molecule has 0 amide bonds. The van der Waals surface area contributed by atoms with Gasteiger partial charge in [-0.2, -0.15) is 4.98 Å². The van der Waals surface area contributed by atoms with Crippen molar-refractivity contribution >= 4 is 11.5 Å². The van der Waals surface area contributed by atoms with Crippen LogP contribution in [0.25, 0.3) is 0 Å². The van der Waals surface area contributed by atoms with Gasteiger partial charge in [0.25, 0.3) is 0 Å². The molecule has 0 saturated heterocycles. The van der Waals surface area contributed by atoms with Crippen LogP contribution in [0.5, 0.6) is 5.88 Å². The molecule has 0 aromatic carbocycles. The van der Waals surface area contributed by atoms with E-state index in [9.17, 15) is 0 Å². The molecule has 1 aromatic heterocycles. The standard InChI is InChI=1S/C11H20N4O2/c1-7(2)17-11-9(12)10(14-6-15-11)13-5-8(3)16-4/h6-8H,5,12H2,1-4H3,(H,13,14,15). The third kappa shape index (κ3) is 4.07. The number of nitrogens with one attached hydrogen (secondary N) is 1. The van der Waals surface area contributed by atoms with Gasteiger partial charge in [0.1, 0.15) is 12.0 Å². The Bertz CT molecular complexity index is 357. The highest BCUT2D eigenvalue weighted by Gasteiger charge is 2.11. The molecule has 0 aliphatic heterocycles. The van der Waals surface area contributed by atoms with Gasteiger partial charge in [-0.3, -0.25) is 0 Å². The maximum absolute atomic E-state index is 5.91. The Morgan fingerprint density at radius 3 is 2.65 bits per heavy atom. The second kappa shape index (κ2) is 6.24. The topological polar surface area (TPSA) is 82.3 Å². The summed E-state index contributed by atoms with van der Waals surface area (Å²) in [7, 11) is 1.66. The highest BCUT2D eigenvalue weighted by Crippen LogP contribution is 2.25. The van der Waals surface area contributed by atoms with E-state index in [1.54, 1.807) is 7.11 Å². The summed E-state index contributed by atoms with van der Waals surface area (Å²) in [4.78, 5) is 8.07. The molecule has 1 rings (SSSR count). The van der Waals surface area contributed by atoms with Crippen LogP contribution in [0.1, 0.15) is 20.8 Å². The van der Waals surface area contributed by atoms with Crippen LogP contribution in [-0.2, 0) is 4.74 Å². The first-order valence-electron chi connectivity index (χ1n) is 5.58. The molecular formula is C11H20N4O2. The van der Waals surface area contributed by atoms with Crippen LogP contribution in [0.3, 0.4) is 0 Å². The molecule has 17 heavy (non-hydrogen) atoms. The Balaban J connectivity index is 2.72. The SMILES string of the molecule is COC(C)CNc1ncnc(OC(C)C)c1N. The molecule has 6 heteroatoms. The van der Waals surface area contributed by atoms with Gasteiger partial charge in [-0.15, -0.1) is 0 Å². The molecule has 3 N–H and O–H groups in total. The molecule has 0 saturated carbocycles. The van der Waals surface area contributed by atoms with Crippen molar-refractivity contribution in [2.75, 3.05) is 24.7 Å². The second-order valence-electron chi connectivity index (χ2n) is 4.03. The number of hydrogen-bond acceptors (Lipinski definition) is 6. The van der Waals surface area contributed by atoms with Gasteiger partial charge in [-0.05, 0) is 20.8 Å². The number of rotatable bonds is 6. The van der Waals surface area contributed by atoms with E-state index >= 15 is 0 Å². The Labute approximate surface area is 102 Å². The highest BCUT2D eigenvalue weighted by atomic mass is 16.5. The lowest BCUT2D eigenvalue weighted by Crippen LogP contribution is -2.20. The summed E-state index contributed by atoms with van der Waals surface area (Å²) in [5.41, 5.74) is 6.33. The molecule has 1 unspecified atom stereocenters. The van der Waals surface area contributed by atoms with Crippen LogP contribution in [-0.4, -0.2) is 35.8 Å². The molecule has 1 heterocycles. The number of nitrogens with two attached hydrogens (primary N) is 1. The minimum atomic E-state index is 0.0259. The first-order chi connectivity index (χ1) is 8.04. The summed E-state index contributed by atoms with van der Waals surface area (Å²) in [6.07, 6.45) is 1.53. The molecule has 0 spiro atoms. The van der Waals surface area contributed by atoms with E-state index in [0.717, 1.165) is 0 Å². The number of nitrogens with zero attached hydrogens (tertiary/aromatic N) is 2. The van der Waals surface area contributed by atoms with E-state index in [-0.39, 0.29) is 12.2 Å². The lowest BCUT2D eigenvalue weighted by molar-refractivity contribution is 0.128. The van der Waals surface area contributed by atoms with Gasteiger partial charge in [0, 0.05) is 13.7 Å². The van der Waals surface area contributed by atoms with Crippen LogP contribution in [0.15, 0.2) is 6.33 Å². The maximum atomic E-state index is 5.91. The van der Waals surface area contributed by atoms with Gasteiger partial charge in [0.15, 0.2) is 5.82 Å². The van der Waals surface area contributed by atoms with Gasteiger partial charge in [0.2, 0.25) is 5.88 Å². The summed E-state index contributed by atoms with van der Waals surface area (Å²) in [5.74, 6) is 0.974. The van der Waals surface area contributed by atoms with Gasteiger partial charge in [0.05, 0.1) is 12.2 Å². The molecule has 1 atom stereocenters. The quantitative estimate of drug-likeness (QED) is 0.779. The number of hydrogen-bond donors (Lipinski definition) is 2. The molecule has 0 fully saturated rings. The minimum Gasteiger partial charge on any atom is -0.473 e. The van der Waals surface area contributed by atoms with Gasteiger partial charge in [-0.1, -0.05) is 0 Å². The summed E-state index contributed by atoms with van der Waals surface area (Å²) < 4.78 is 10.6. The van der Waals surface area contributed by atoms with E-state index in [1.165, 1.54) is 6.33 Å². The zero-order valence-corrected chi connectivity index (χ0v) is 10.7. The predicted octanol–water partition coefficient (Wildman–Crippen LogP) is 1.29. The second-order valence-corrected chi connectivity index (χ2v) is 4.03. The van der Waals surface area contributed by atoms with Crippen molar-refractivity contribution in [3.63, 3.8) is 0 Å². The Kier molecular flexibility index (Phi) is 4.96. The highest BCUT2D eigenvalue weighted by molar-refractivity contribution is 5.66. The third-order valence-corrected chi connectivity index (χ3v) is 2.15. The zero-order chi connectivity index (χ0) is 12.8. The van der Waals surface area contributed by atoms with Crippen LogP contribution in [0, 0.1) is 0 Å². The van der Waals surface area contributed by atoms with Crippen molar-refractivity contribution in [1.29, 1.82) is 0 Å². The maximum Gasteiger partial charge on any atom is 0.242 e. The van der Waals surface area contributed by atoms with Gasteiger partial charge >= 0.3 is 0 Å². The first-order valence-corrected chi connectivity index (χ1v) is 5.58. The van der Waals surface area contributed by atoms with E-state index in [4.69, 9.17) is 15.2 Å². The normalized spacial score (nSPS) is 12.5. The van der Waals surface area contributed by atoms with Gasteiger partial charge < -0.3 is 20.5 Å². The van der Waals surface area contributed by atoms with Crippen molar-refractivity contribution in [2.45, 2.75) is 33.0 Å². The fraction of sp³-hybridized carbons (Fsp3) is 0.636. The summed E-state index contributed by atoms with van der Waals surface area (Å²) >= 11 is 0. The van der Waals surface area contributed by atoms with Crippen molar-refractivity contribution in [3.05, 3.63) is 6.33 Å². The number of aromatic nitrogens is 2. The van der Waals surface area contributed by atoms with E-state index in [1.807, 2.05) is 20.8 Å². The summed E-state index contributed by atoms with van der Waals surface area (Å²) in [6.45, 7) is 6.41. The zero-order valence-electron chi connectivity index (χ0n) is 10.7. The molecule has 96 valence electrons. The van der Waals surface area contributed by atoms with E-state index in [2.05, 4.69) is 15.3 Å². The summed E-state index contributed by atoms with van der Waals surface area (Å²) in [5, 5.41) is 3.10. The molecular weight excluding hydrogens is 220 g/mol. The van der Waals surface area contributed by atoms with Crippen LogP contribution in [0.4, 0.5) is 11.5 Å². The smallest absolute Gasteiger partial charge is 0.242 e. The number of nitrogen functional groups attached to an aromatic ring is 1. The lowest BCUT2D eigenvalue weighted by Gasteiger charge is -2.15. The fourth-order valence-corrected chi connectivity index (χ4v) is 1.16. The lowest BCUT2D eigenvalue weighted by atomic mass is 10.4. The minimum absolute atomic E-state index is 0.0259. The number of anilines is 2. The van der Waals surface area contributed by atoms with Crippen molar-refractivity contribution in [2.24, 2.45) is 0 Å². The predicted molar refractivity (Wildman–Crippen MR) is 67.2 cm³/mol. The average molecular weight is 240 g/mol. The van der Waals surface area contributed by atoms with Crippen LogP contribution < -0.4 is 15.8 Å². The van der Waals surface area contributed by atoms with E-state index < -0.39 is 0 Å². The summed E-state index contributed by atoms with van der Waals surface area (Å²) in [6, 6.07) is 0. The van der Waals surface area contributed by atoms with Crippen LogP contribution >= 0.6 is 0 Å². The van der Waals surface area contributed by atoms with E-state index in [0.29, 0.717) is 23.9 Å². The number of methoxy groups -OCH3 is 1.